The van der Waals surface area contributed by atoms with Crippen LogP contribution in [-0.2, 0) is 0 Å². The van der Waals surface area contributed by atoms with Crippen LogP contribution in [0.2, 0.25) is 0 Å². The summed E-state index contributed by atoms with van der Waals surface area (Å²) in [6.45, 7) is 0. The Labute approximate surface area is 59.0 Å². The van der Waals surface area contributed by atoms with Gasteiger partial charge in [0, 0.05) is 5.22 Å². The molecule has 0 aromatic rings. The van der Waals surface area contributed by atoms with Gasteiger partial charge in [0.25, 0.3) is 0 Å². The van der Waals surface area contributed by atoms with Gasteiger partial charge in [0.1, 0.15) is 12.4 Å². The maximum atomic E-state index is 3.82. The topological polar surface area (TPSA) is 24.7 Å². The van der Waals surface area contributed by atoms with Crippen LogP contribution in [0.1, 0.15) is 0 Å². The molecule has 0 amide bonds. The highest BCUT2D eigenvalue weighted by Crippen LogP contribution is 2.06. The fraction of sp³-hybridized carbons (Fsp3) is 0.500. The van der Waals surface area contributed by atoms with Crippen molar-refractivity contribution in [3.8, 4) is 0 Å². The van der Waals surface area contributed by atoms with Crippen molar-refractivity contribution in [1.29, 1.82) is 0 Å². The van der Waals surface area contributed by atoms with Crippen LogP contribution >= 0.6 is 0 Å². The summed E-state index contributed by atoms with van der Waals surface area (Å²) in [4.78, 5) is 0. The molecule has 0 atom stereocenters. The molecule has 3 nitrogen and oxygen atoms in total. The van der Waals surface area contributed by atoms with Gasteiger partial charge in [-0.2, -0.15) is 4.59 Å². The minimum absolute atomic E-state index is 0. The lowest BCUT2D eigenvalue weighted by Crippen LogP contribution is -3.00. The lowest BCUT2D eigenvalue weighted by atomic mass is 10.8. The van der Waals surface area contributed by atoms with Crippen LogP contribution < -0.4 is 17.0 Å². The molecule has 4 heteroatoms. The van der Waals surface area contributed by atoms with Crippen LogP contribution in [0.3, 0.4) is 0 Å². The molecular weight excluding hydrogens is 170 g/mol. The number of rotatable bonds is 0. The molecule has 46 valence electrons. The second-order valence-corrected chi connectivity index (χ2v) is 1.98. The highest BCUT2D eigenvalue weighted by atomic mass is 79.9. The normalized spacial score (nSPS) is 20.8. The number of halogens is 1. The summed E-state index contributed by atoms with van der Waals surface area (Å²) in [6.07, 6.45) is 3.60. The molecule has 0 fully saturated rings. The monoisotopic (exact) mass is 177 g/mol. The van der Waals surface area contributed by atoms with Crippen LogP contribution in [0.4, 0.5) is 0 Å². The van der Waals surface area contributed by atoms with Gasteiger partial charge in [-0.3, -0.25) is 0 Å². The maximum Gasteiger partial charge on any atom is 0.144 e. The summed E-state index contributed by atoms with van der Waals surface area (Å²) >= 11 is 0. The van der Waals surface area contributed by atoms with Gasteiger partial charge in [0.2, 0.25) is 0 Å². The number of hydrogen-bond acceptors (Lipinski definition) is 2. The van der Waals surface area contributed by atoms with E-state index in [9.17, 15) is 0 Å². The first-order valence-electron chi connectivity index (χ1n) is 2.14. The summed E-state index contributed by atoms with van der Waals surface area (Å²) in [5, 5.41) is 7.47. The number of quaternary nitrogens is 1. The van der Waals surface area contributed by atoms with E-state index in [1.807, 2.05) is 20.3 Å². The van der Waals surface area contributed by atoms with E-state index in [1.165, 1.54) is 0 Å². The minimum atomic E-state index is 0. The third-order valence-corrected chi connectivity index (χ3v) is 0.780. The molecule has 0 aliphatic carbocycles. The van der Waals surface area contributed by atoms with Gasteiger partial charge >= 0.3 is 0 Å². The minimum Gasteiger partial charge on any atom is -1.00 e. The van der Waals surface area contributed by atoms with Crippen LogP contribution in [0.25, 0.3) is 0 Å². The maximum absolute atomic E-state index is 3.82. The van der Waals surface area contributed by atoms with E-state index < -0.39 is 0 Å². The number of nitrogens with zero attached hydrogens (tertiary/aromatic N) is 3. The molecule has 0 aromatic carbocycles. The molecule has 0 N–H and O–H groups in total. The van der Waals surface area contributed by atoms with E-state index >= 15 is 0 Å². The average Bonchev–Trinajstić information content (AvgIpc) is 1.84. The summed E-state index contributed by atoms with van der Waals surface area (Å²) in [6, 6.07) is 0. The van der Waals surface area contributed by atoms with Crippen molar-refractivity contribution in [2.45, 2.75) is 0 Å². The Kier molecular flexibility index (Phi) is 2.30. The van der Waals surface area contributed by atoms with E-state index in [0.29, 0.717) is 4.59 Å². The van der Waals surface area contributed by atoms with Crippen LogP contribution in [0, 0.1) is 0 Å². The Balaban J connectivity index is 0.000000490. The standard InChI is InChI=1S/C4H8N3.BrH/c1-7(2)4-3-5-6-7;/h3-4H,1-2H3;1H/q+1;/p-1. The SMILES string of the molecule is C[N+]1(C)C=CN=N1.[Br-]. The van der Waals surface area contributed by atoms with Crippen molar-refractivity contribution in [1.82, 2.24) is 0 Å². The van der Waals surface area contributed by atoms with Gasteiger partial charge in [-0.25, -0.2) is 0 Å². The van der Waals surface area contributed by atoms with E-state index in [1.54, 1.807) is 6.20 Å². The summed E-state index contributed by atoms with van der Waals surface area (Å²) in [7, 11) is 3.90. The van der Waals surface area contributed by atoms with Gasteiger partial charge in [-0.1, -0.05) is 0 Å². The third-order valence-electron chi connectivity index (χ3n) is 0.780. The Morgan fingerprint density at radius 3 is 2.12 bits per heavy atom. The predicted octanol–water partition coefficient (Wildman–Crippen LogP) is -2.08. The van der Waals surface area contributed by atoms with Crippen LogP contribution in [0.5, 0.6) is 0 Å². The lowest BCUT2D eigenvalue weighted by Gasteiger charge is -2.07. The van der Waals surface area contributed by atoms with E-state index in [2.05, 4.69) is 10.3 Å². The van der Waals surface area contributed by atoms with Crippen molar-refractivity contribution in [2.75, 3.05) is 14.1 Å². The first kappa shape index (κ1) is 7.78. The molecule has 0 bridgehead atoms. The molecule has 1 heterocycles. The van der Waals surface area contributed by atoms with Gasteiger partial charge in [-0.05, 0) is 0 Å². The van der Waals surface area contributed by atoms with Gasteiger partial charge in [0.15, 0.2) is 0 Å². The molecule has 0 aromatic heterocycles. The van der Waals surface area contributed by atoms with Crippen molar-refractivity contribution >= 4 is 0 Å². The average molecular weight is 178 g/mol. The molecule has 0 saturated carbocycles. The molecular formula is C4H8BrN3. The Bertz CT molecular complexity index is 113. The van der Waals surface area contributed by atoms with E-state index in [4.69, 9.17) is 0 Å². The quantitative estimate of drug-likeness (QED) is 0.380. The molecule has 0 saturated heterocycles. The zero-order valence-corrected chi connectivity index (χ0v) is 6.46. The Morgan fingerprint density at radius 1 is 1.38 bits per heavy atom. The molecule has 1 rings (SSSR count). The summed E-state index contributed by atoms with van der Waals surface area (Å²) in [5.74, 6) is 0. The lowest BCUT2D eigenvalue weighted by molar-refractivity contribution is -0.846. The smallest absolute Gasteiger partial charge is 0.144 e. The van der Waals surface area contributed by atoms with Gasteiger partial charge < -0.3 is 17.0 Å². The third kappa shape index (κ3) is 1.71. The molecule has 0 spiro atoms. The second-order valence-electron chi connectivity index (χ2n) is 1.98. The highest BCUT2D eigenvalue weighted by molar-refractivity contribution is 4.70. The van der Waals surface area contributed by atoms with Crippen molar-refractivity contribution in [2.24, 2.45) is 10.3 Å². The highest BCUT2D eigenvalue weighted by Gasteiger charge is 2.12. The van der Waals surface area contributed by atoms with E-state index in [0.717, 1.165) is 0 Å². The largest absolute Gasteiger partial charge is 1.00 e. The zero-order valence-electron chi connectivity index (χ0n) is 4.87. The van der Waals surface area contributed by atoms with Gasteiger partial charge in [-0.15, -0.1) is 5.11 Å². The zero-order chi connectivity index (χ0) is 5.33. The van der Waals surface area contributed by atoms with Crippen LogP contribution in [-0.4, -0.2) is 18.7 Å². The van der Waals surface area contributed by atoms with Crippen molar-refractivity contribution in [3.05, 3.63) is 12.4 Å². The van der Waals surface area contributed by atoms with Crippen LogP contribution in [0.15, 0.2) is 22.7 Å². The Hall–Kier alpha value is -0.220. The first-order chi connectivity index (χ1) is 3.21. The van der Waals surface area contributed by atoms with Crippen molar-refractivity contribution < 1.29 is 21.6 Å². The predicted molar refractivity (Wildman–Crippen MR) is 26.1 cm³/mol. The fourth-order valence-electron chi connectivity index (χ4n) is 0.386. The first-order valence-corrected chi connectivity index (χ1v) is 2.14. The van der Waals surface area contributed by atoms with Crippen molar-refractivity contribution in [3.63, 3.8) is 0 Å². The Morgan fingerprint density at radius 2 is 2.00 bits per heavy atom. The molecule has 8 heavy (non-hydrogen) atoms. The summed E-state index contributed by atoms with van der Waals surface area (Å²) in [5.41, 5.74) is 0. The van der Waals surface area contributed by atoms with E-state index in [-0.39, 0.29) is 17.0 Å². The molecule has 1 aliphatic heterocycles. The molecule has 0 unspecified atom stereocenters. The summed E-state index contributed by atoms with van der Waals surface area (Å²) < 4.78 is 0.528. The molecule has 0 radical (unpaired) electrons. The fourth-order valence-corrected chi connectivity index (χ4v) is 0.386. The van der Waals surface area contributed by atoms with Gasteiger partial charge in [0.05, 0.1) is 14.1 Å². The molecule has 1 aliphatic rings. The number of hydrogen-bond donors (Lipinski definition) is 0. The second kappa shape index (κ2) is 2.37.